The third-order valence-corrected chi connectivity index (χ3v) is 8.00. The number of methoxy groups -OCH3 is 2. The summed E-state index contributed by atoms with van der Waals surface area (Å²) in [5.74, 6) is -2.29. The molecule has 0 aliphatic carbocycles. The average Bonchev–Trinajstić information content (AvgIpc) is 3.12. The van der Waals surface area contributed by atoms with E-state index in [-0.39, 0.29) is 22.0 Å². The van der Waals surface area contributed by atoms with Crippen LogP contribution in [0.5, 0.6) is 0 Å². The minimum atomic E-state index is -4.61. The van der Waals surface area contributed by atoms with Crippen LogP contribution in [0.3, 0.4) is 0 Å². The Labute approximate surface area is 237 Å². The van der Waals surface area contributed by atoms with Gasteiger partial charge in [0.1, 0.15) is 5.71 Å². The van der Waals surface area contributed by atoms with E-state index < -0.39 is 38.6 Å². The molecule has 1 aliphatic heterocycles. The van der Waals surface area contributed by atoms with E-state index in [2.05, 4.69) is 5.32 Å². The number of hydrogen-bond donors (Lipinski definition) is 1. The van der Waals surface area contributed by atoms with Crippen molar-refractivity contribution < 1.29 is 27.5 Å². The second kappa shape index (κ2) is 10.7. The fourth-order valence-corrected chi connectivity index (χ4v) is 6.28. The van der Waals surface area contributed by atoms with Gasteiger partial charge in [-0.3, -0.25) is 4.99 Å². The van der Waals surface area contributed by atoms with Crippen LogP contribution in [0.25, 0.3) is 5.70 Å². The molecule has 1 heterocycles. The maximum absolute atomic E-state index is 14.7. The molecule has 216 valence electrons. The molecule has 2 aromatic rings. The van der Waals surface area contributed by atoms with Gasteiger partial charge in [-0.05, 0) is 73.1 Å². The van der Waals surface area contributed by atoms with Crippen molar-refractivity contribution in [1.82, 2.24) is 9.62 Å². The summed E-state index contributed by atoms with van der Waals surface area (Å²) in [6.45, 7) is 14.7. The largest absolute Gasteiger partial charge is 0.466 e. The van der Waals surface area contributed by atoms with Gasteiger partial charge in [-0.1, -0.05) is 42.0 Å². The number of esters is 2. The zero-order chi connectivity index (χ0) is 30.3. The molecule has 0 atom stereocenters. The third-order valence-electron chi connectivity index (χ3n) is 6.19. The molecule has 2 aromatic carbocycles. The van der Waals surface area contributed by atoms with E-state index in [0.29, 0.717) is 5.56 Å². The Morgan fingerprint density at radius 2 is 1.40 bits per heavy atom. The molecule has 0 fully saturated rings. The van der Waals surface area contributed by atoms with Crippen LogP contribution in [0.1, 0.15) is 58.2 Å². The van der Waals surface area contributed by atoms with E-state index in [9.17, 15) is 18.0 Å². The quantitative estimate of drug-likeness (QED) is 0.405. The topological polar surface area (TPSA) is 114 Å². The number of aliphatic imine (C=N–C) groups is 1. The number of nitrogens with zero attached hydrogens (tertiary/aromatic N) is 2. The highest BCUT2D eigenvalue weighted by Gasteiger charge is 2.68. The molecule has 0 radical (unpaired) electrons. The highest BCUT2D eigenvalue weighted by atomic mass is 32.2. The molecule has 0 aromatic heterocycles. The number of ether oxygens (including phenoxy) is 2. The molecular formula is C30H39N3O6S. The molecule has 10 heteroatoms. The standard InChI is InChI=1S/C30H39N3O6S/c1-19-15-17-21(18-16-19)40(36,37)33-24(22-14-12-11-13-20(22)2)23(31-28(3,4)5)25(32-29(6,7)8)30(33,26(34)38-9)27(35)39-10/h11-18,31H,1-10H3. The van der Waals surface area contributed by atoms with E-state index >= 15 is 0 Å². The van der Waals surface area contributed by atoms with Gasteiger partial charge in [0.25, 0.3) is 15.6 Å². The minimum absolute atomic E-state index is 0.0902. The number of benzene rings is 2. The van der Waals surface area contributed by atoms with Crippen LogP contribution in [-0.2, 0) is 29.1 Å². The summed E-state index contributed by atoms with van der Waals surface area (Å²) in [5.41, 5.74) is -1.86. The van der Waals surface area contributed by atoms with E-state index in [4.69, 9.17) is 14.5 Å². The van der Waals surface area contributed by atoms with Crippen LogP contribution < -0.4 is 5.32 Å². The van der Waals surface area contributed by atoms with Gasteiger partial charge in [-0.15, -0.1) is 0 Å². The van der Waals surface area contributed by atoms with Crippen LogP contribution in [0, 0.1) is 13.8 Å². The number of carbonyl (C=O) groups is 2. The van der Waals surface area contributed by atoms with Gasteiger partial charge in [0.15, 0.2) is 0 Å². The van der Waals surface area contributed by atoms with Crippen molar-refractivity contribution in [3.63, 3.8) is 0 Å². The van der Waals surface area contributed by atoms with Gasteiger partial charge < -0.3 is 14.8 Å². The monoisotopic (exact) mass is 569 g/mol. The second-order valence-corrected chi connectivity index (χ2v) is 13.6. The summed E-state index contributed by atoms with van der Waals surface area (Å²) in [6.07, 6.45) is 0. The minimum Gasteiger partial charge on any atom is -0.466 e. The zero-order valence-corrected chi connectivity index (χ0v) is 25.7. The fraction of sp³-hybridized carbons (Fsp3) is 0.433. The first kappa shape index (κ1) is 30.9. The van der Waals surface area contributed by atoms with Crippen molar-refractivity contribution in [3.8, 4) is 0 Å². The van der Waals surface area contributed by atoms with Gasteiger partial charge in [-0.25, -0.2) is 22.3 Å². The molecule has 0 saturated carbocycles. The van der Waals surface area contributed by atoms with Gasteiger partial charge in [0.05, 0.1) is 36.0 Å². The first-order valence-corrected chi connectivity index (χ1v) is 14.3. The van der Waals surface area contributed by atoms with Crippen LogP contribution in [-0.4, -0.2) is 61.2 Å². The summed E-state index contributed by atoms with van der Waals surface area (Å²) in [5, 5.41) is 3.37. The predicted molar refractivity (Wildman–Crippen MR) is 155 cm³/mol. The molecule has 1 aliphatic rings. The van der Waals surface area contributed by atoms with E-state index in [1.54, 1.807) is 45.0 Å². The van der Waals surface area contributed by atoms with Crippen molar-refractivity contribution in [2.45, 2.75) is 76.9 Å². The summed E-state index contributed by atoms with van der Waals surface area (Å²) >= 11 is 0. The number of rotatable bonds is 6. The highest BCUT2D eigenvalue weighted by molar-refractivity contribution is 7.89. The van der Waals surface area contributed by atoms with Crippen molar-refractivity contribution in [2.24, 2.45) is 4.99 Å². The average molecular weight is 570 g/mol. The molecule has 0 unspecified atom stereocenters. The maximum atomic E-state index is 14.7. The van der Waals surface area contributed by atoms with Crippen LogP contribution in [0.2, 0.25) is 0 Å². The highest BCUT2D eigenvalue weighted by Crippen LogP contribution is 2.47. The number of nitrogens with one attached hydrogen (secondary N) is 1. The van der Waals surface area contributed by atoms with Gasteiger partial charge >= 0.3 is 11.9 Å². The van der Waals surface area contributed by atoms with Crippen LogP contribution in [0.15, 0.2) is 64.1 Å². The first-order chi connectivity index (χ1) is 18.4. The number of sulfonamides is 1. The smallest absolute Gasteiger partial charge is 0.351 e. The molecule has 0 spiro atoms. The van der Waals surface area contributed by atoms with Crippen molar-refractivity contribution >= 4 is 33.4 Å². The lowest BCUT2D eigenvalue weighted by molar-refractivity contribution is -0.160. The molecule has 40 heavy (non-hydrogen) atoms. The summed E-state index contributed by atoms with van der Waals surface area (Å²) in [4.78, 5) is 32.7. The van der Waals surface area contributed by atoms with E-state index in [1.807, 2.05) is 46.8 Å². The summed E-state index contributed by atoms with van der Waals surface area (Å²) in [6, 6.07) is 13.3. The van der Waals surface area contributed by atoms with Gasteiger partial charge in [0.2, 0.25) is 0 Å². The predicted octanol–water partition coefficient (Wildman–Crippen LogP) is 4.39. The van der Waals surface area contributed by atoms with Crippen molar-refractivity contribution in [2.75, 3.05) is 14.2 Å². The maximum Gasteiger partial charge on any atom is 0.351 e. The lowest BCUT2D eigenvalue weighted by Gasteiger charge is -2.36. The lowest BCUT2D eigenvalue weighted by Crippen LogP contribution is -2.64. The van der Waals surface area contributed by atoms with Gasteiger partial charge in [-0.2, -0.15) is 0 Å². The van der Waals surface area contributed by atoms with Crippen molar-refractivity contribution in [1.29, 1.82) is 0 Å². The van der Waals surface area contributed by atoms with Gasteiger partial charge in [0, 0.05) is 11.1 Å². The molecule has 1 N–H and O–H groups in total. The van der Waals surface area contributed by atoms with E-state index in [1.165, 1.54) is 12.1 Å². The zero-order valence-electron chi connectivity index (χ0n) is 24.9. The van der Waals surface area contributed by atoms with Crippen LogP contribution in [0.4, 0.5) is 0 Å². The summed E-state index contributed by atoms with van der Waals surface area (Å²) < 4.78 is 40.7. The fourth-order valence-electron chi connectivity index (χ4n) is 4.56. The Hall–Kier alpha value is -3.66. The normalized spacial score (nSPS) is 16.8. The number of carbonyl (C=O) groups excluding carboxylic acids is 2. The second-order valence-electron chi connectivity index (χ2n) is 11.8. The summed E-state index contributed by atoms with van der Waals surface area (Å²) in [7, 11) is -2.41. The van der Waals surface area contributed by atoms with Crippen LogP contribution >= 0.6 is 0 Å². The Balaban J connectivity index is 2.70. The Bertz CT molecular complexity index is 1460. The molecule has 3 rings (SSSR count). The Morgan fingerprint density at radius 3 is 1.85 bits per heavy atom. The molecule has 0 amide bonds. The molecule has 0 saturated heterocycles. The Kier molecular flexibility index (Phi) is 8.28. The van der Waals surface area contributed by atoms with Crippen molar-refractivity contribution in [3.05, 3.63) is 70.9 Å². The number of aryl methyl sites for hydroxylation is 2. The van der Waals surface area contributed by atoms with E-state index in [0.717, 1.165) is 29.7 Å². The third kappa shape index (κ3) is 5.50. The molecule has 0 bridgehead atoms. The Morgan fingerprint density at radius 1 is 0.875 bits per heavy atom. The SMILES string of the molecule is COC(=O)C1(C(=O)OC)C(=NC(C)(C)C)C(NC(C)(C)C)=C(c2ccccc2C)N1S(=O)(=O)c1ccc(C)cc1. The molecular weight excluding hydrogens is 530 g/mol. The molecule has 9 nitrogen and oxygen atoms in total. The lowest BCUT2D eigenvalue weighted by atomic mass is 9.91. The first-order valence-electron chi connectivity index (χ1n) is 12.9. The number of hydrogen-bond acceptors (Lipinski definition) is 8.